The van der Waals surface area contributed by atoms with Gasteiger partial charge in [-0.1, -0.05) is 53.4 Å². The Morgan fingerprint density at radius 3 is 1.32 bits per heavy atom. The van der Waals surface area contributed by atoms with Crippen molar-refractivity contribution in [2.24, 2.45) is 23.7 Å². The third kappa shape index (κ3) is 6.99. The maximum Gasteiger partial charge on any atom is 0.296 e. The van der Waals surface area contributed by atoms with Gasteiger partial charge < -0.3 is 9.13 Å². The van der Waals surface area contributed by atoms with Crippen LogP contribution in [0, 0.1) is 37.5 Å². The minimum absolute atomic E-state index is 0.00785. The fraction of sp³-hybridized carbons (Fsp3) is 0.706. The molecule has 0 bridgehead atoms. The quantitative estimate of drug-likeness (QED) is 0.246. The Kier molecular flexibility index (Phi) is 10.4. The highest BCUT2D eigenvalue weighted by Gasteiger charge is 2.22. The number of hydrogen-bond acceptors (Lipinski definition) is 6. The third-order valence-corrected chi connectivity index (χ3v) is 9.99. The van der Waals surface area contributed by atoms with E-state index in [9.17, 15) is 9.59 Å². The van der Waals surface area contributed by atoms with Crippen molar-refractivity contribution in [2.45, 2.75) is 132 Å². The average Bonchev–Trinajstić information content (AvgIpc) is 3.60. The topological polar surface area (TPSA) is 104 Å². The molecule has 4 heterocycles. The predicted octanol–water partition coefficient (Wildman–Crippen LogP) is 5.96. The van der Waals surface area contributed by atoms with Crippen molar-refractivity contribution in [2.75, 3.05) is 0 Å². The summed E-state index contributed by atoms with van der Waals surface area (Å²) in [5, 5.41) is 16.6. The molecule has 10 heteroatoms. The van der Waals surface area contributed by atoms with Crippen LogP contribution in [0.2, 0.25) is 0 Å². The first-order valence-electron chi connectivity index (χ1n) is 17.1. The molecule has 0 aromatic carbocycles. The SMILES string of the molecule is CCCc1nnc2c(=O)n(CC3CCC(C)CC3)c(C)cn12.CCCc1nnc2c(=O)n(CC3CCC(C)CC3)c(C)cn12. The molecule has 0 amide bonds. The van der Waals surface area contributed by atoms with E-state index in [2.05, 4.69) is 48.1 Å². The zero-order valence-electron chi connectivity index (χ0n) is 27.8. The Bertz CT molecular complexity index is 1540. The van der Waals surface area contributed by atoms with Crippen molar-refractivity contribution >= 4 is 11.3 Å². The highest BCUT2D eigenvalue weighted by Crippen LogP contribution is 2.30. The highest BCUT2D eigenvalue weighted by atomic mass is 16.1. The maximum absolute atomic E-state index is 12.7. The van der Waals surface area contributed by atoms with E-state index in [-0.39, 0.29) is 11.1 Å². The minimum Gasteiger partial charge on any atom is -0.308 e. The number of aryl methyl sites for hydroxylation is 4. The summed E-state index contributed by atoms with van der Waals surface area (Å²) in [6.07, 6.45) is 17.8. The Hall–Kier alpha value is -3.30. The summed E-state index contributed by atoms with van der Waals surface area (Å²) in [7, 11) is 0. The van der Waals surface area contributed by atoms with Gasteiger partial charge in [-0.2, -0.15) is 0 Å². The molecular formula is C34H52N8O2. The standard InChI is InChI=1S/2C17H26N4O/c2*1-4-5-15-18-19-16-17(22)20(13(3)10-21(15)16)11-14-8-6-12(2)7-9-14/h2*10,12,14H,4-9,11H2,1-3H3. The molecule has 2 fully saturated rings. The fourth-order valence-electron chi connectivity index (χ4n) is 7.07. The van der Waals surface area contributed by atoms with Crippen LogP contribution in [0.5, 0.6) is 0 Å². The van der Waals surface area contributed by atoms with Crippen molar-refractivity contribution in [3.05, 3.63) is 56.1 Å². The lowest BCUT2D eigenvalue weighted by atomic mass is 9.83. The van der Waals surface area contributed by atoms with Crippen LogP contribution < -0.4 is 11.1 Å². The van der Waals surface area contributed by atoms with Gasteiger partial charge in [0.05, 0.1) is 0 Å². The molecule has 0 spiro atoms. The van der Waals surface area contributed by atoms with Gasteiger partial charge in [0.1, 0.15) is 11.6 Å². The lowest BCUT2D eigenvalue weighted by Crippen LogP contribution is -2.29. The second kappa shape index (κ2) is 14.2. The molecule has 6 rings (SSSR count). The molecule has 4 aromatic heterocycles. The van der Waals surface area contributed by atoms with Gasteiger partial charge in [-0.15, -0.1) is 20.4 Å². The lowest BCUT2D eigenvalue weighted by molar-refractivity contribution is 0.261. The summed E-state index contributed by atoms with van der Waals surface area (Å²) < 4.78 is 7.56. The van der Waals surface area contributed by atoms with Gasteiger partial charge in [0.15, 0.2) is 0 Å². The van der Waals surface area contributed by atoms with Crippen molar-refractivity contribution in [1.29, 1.82) is 0 Å². The van der Waals surface area contributed by atoms with Gasteiger partial charge >= 0.3 is 0 Å². The van der Waals surface area contributed by atoms with Crippen LogP contribution in [-0.4, -0.2) is 38.3 Å². The van der Waals surface area contributed by atoms with Gasteiger partial charge in [-0.3, -0.25) is 18.4 Å². The second-order valence-corrected chi connectivity index (χ2v) is 13.7. The van der Waals surface area contributed by atoms with E-state index in [0.29, 0.717) is 23.1 Å². The molecule has 2 aliphatic rings. The number of hydrogen-bond donors (Lipinski definition) is 0. The van der Waals surface area contributed by atoms with Crippen molar-refractivity contribution in [3.63, 3.8) is 0 Å². The van der Waals surface area contributed by atoms with E-state index in [0.717, 1.165) is 73.6 Å². The zero-order valence-corrected chi connectivity index (χ0v) is 27.8. The first-order chi connectivity index (χ1) is 21.2. The maximum atomic E-state index is 12.7. The molecule has 0 atom stereocenters. The van der Waals surface area contributed by atoms with Crippen LogP contribution >= 0.6 is 0 Å². The summed E-state index contributed by atoms with van der Waals surface area (Å²) in [6.45, 7) is 14.5. The smallest absolute Gasteiger partial charge is 0.296 e. The van der Waals surface area contributed by atoms with E-state index < -0.39 is 0 Å². The van der Waals surface area contributed by atoms with E-state index >= 15 is 0 Å². The van der Waals surface area contributed by atoms with Crippen molar-refractivity contribution in [1.82, 2.24) is 38.3 Å². The zero-order chi connectivity index (χ0) is 31.4. The largest absolute Gasteiger partial charge is 0.308 e. The Morgan fingerprint density at radius 1 is 0.614 bits per heavy atom. The predicted molar refractivity (Wildman–Crippen MR) is 174 cm³/mol. The van der Waals surface area contributed by atoms with Crippen LogP contribution in [0.4, 0.5) is 0 Å². The Labute approximate surface area is 260 Å². The van der Waals surface area contributed by atoms with Crippen molar-refractivity contribution < 1.29 is 0 Å². The van der Waals surface area contributed by atoms with E-state index in [1.165, 1.54) is 51.4 Å². The first kappa shape index (κ1) is 32.1. The second-order valence-electron chi connectivity index (χ2n) is 13.7. The Morgan fingerprint density at radius 2 is 0.977 bits per heavy atom. The van der Waals surface area contributed by atoms with Gasteiger partial charge in [0.2, 0.25) is 11.3 Å². The number of rotatable bonds is 8. The van der Waals surface area contributed by atoms with Gasteiger partial charge in [-0.05, 0) is 76.0 Å². The molecule has 2 saturated carbocycles. The monoisotopic (exact) mass is 604 g/mol. The van der Waals surface area contributed by atoms with E-state index in [4.69, 9.17) is 0 Å². The van der Waals surface area contributed by atoms with Gasteiger partial charge in [0, 0.05) is 49.7 Å². The van der Waals surface area contributed by atoms with E-state index in [1.54, 1.807) is 0 Å². The summed E-state index contributed by atoms with van der Waals surface area (Å²) in [5.41, 5.74) is 2.97. The third-order valence-electron chi connectivity index (χ3n) is 9.99. The molecule has 0 unspecified atom stereocenters. The fourth-order valence-corrected chi connectivity index (χ4v) is 7.07. The average molecular weight is 605 g/mol. The molecule has 0 aliphatic heterocycles. The highest BCUT2D eigenvalue weighted by molar-refractivity contribution is 5.37. The van der Waals surface area contributed by atoms with Crippen LogP contribution in [0.25, 0.3) is 11.3 Å². The number of fused-ring (bicyclic) bond motifs is 2. The normalized spacial score (nSPS) is 22.3. The minimum atomic E-state index is 0.00785. The van der Waals surface area contributed by atoms with Crippen LogP contribution in [-0.2, 0) is 25.9 Å². The number of nitrogens with zero attached hydrogens (tertiary/aromatic N) is 8. The Balaban J connectivity index is 0.000000175. The summed E-state index contributed by atoms with van der Waals surface area (Å²) in [6, 6.07) is 0. The number of aromatic nitrogens is 8. The van der Waals surface area contributed by atoms with Crippen LogP contribution in [0.1, 0.15) is 115 Å². The molecule has 0 saturated heterocycles. The summed E-state index contributed by atoms with van der Waals surface area (Å²) in [5.74, 6) is 4.68. The molecule has 0 radical (unpaired) electrons. The molecule has 10 nitrogen and oxygen atoms in total. The summed E-state index contributed by atoms with van der Waals surface area (Å²) >= 11 is 0. The lowest BCUT2D eigenvalue weighted by Gasteiger charge is -2.27. The van der Waals surface area contributed by atoms with Gasteiger partial charge in [-0.25, -0.2) is 0 Å². The first-order valence-corrected chi connectivity index (χ1v) is 17.1. The molecule has 4 aromatic rings. The molecule has 0 N–H and O–H groups in total. The summed E-state index contributed by atoms with van der Waals surface area (Å²) in [4.78, 5) is 25.5. The van der Waals surface area contributed by atoms with Gasteiger partial charge in [0.25, 0.3) is 11.1 Å². The molecule has 240 valence electrons. The van der Waals surface area contributed by atoms with Crippen molar-refractivity contribution in [3.8, 4) is 0 Å². The molecule has 44 heavy (non-hydrogen) atoms. The molecule has 2 aliphatic carbocycles. The van der Waals surface area contributed by atoms with E-state index in [1.807, 2.05) is 44.2 Å². The van der Waals surface area contributed by atoms with Crippen LogP contribution in [0.15, 0.2) is 22.0 Å². The molecular weight excluding hydrogens is 552 g/mol. The van der Waals surface area contributed by atoms with Crippen LogP contribution in [0.3, 0.4) is 0 Å².